The number of carbonyl (C=O) groups is 3. The fourth-order valence-electron chi connectivity index (χ4n) is 3.58. The Morgan fingerprint density at radius 2 is 1.36 bits per heavy atom. The number of fused-ring (bicyclic) bond motifs is 1. The third-order valence-corrected chi connectivity index (χ3v) is 5.32. The largest absolute Gasteiger partial charge is 0.450 e. The van der Waals surface area contributed by atoms with E-state index in [2.05, 4.69) is 10.6 Å². The summed E-state index contributed by atoms with van der Waals surface area (Å²) in [7, 11) is 0. The first kappa shape index (κ1) is 24.0. The zero-order chi connectivity index (χ0) is 23.5. The topological polar surface area (TPSA) is 84.5 Å². The molecule has 0 saturated heterocycles. The van der Waals surface area contributed by atoms with Crippen molar-refractivity contribution in [2.75, 3.05) is 17.2 Å². The summed E-state index contributed by atoms with van der Waals surface area (Å²) in [6.45, 7) is 2.05. The van der Waals surface area contributed by atoms with Crippen LogP contribution in [0.3, 0.4) is 0 Å². The van der Waals surface area contributed by atoms with Gasteiger partial charge in [0.1, 0.15) is 0 Å². The highest BCUT2D eigenvalue weighted by atomic mass is 16.5. The van der Waals surface area contributed by atoms with Gasteiger partial charge in [-0.3, -0.25) is 14.9 Å². The molecule has 0 saturated carbocycles. The van der Waals surface area contributed by atoms with E-state index in [0.29, 0.717) is 30.8 Å². The van der Waals surface area contributed by atoms with E-state index in [-0.39, 0.29) is 11.7 Å². The van der Waals surface area contributed by atoms with Gasteiger partial charge in [-0.2, -0.15) is 0 Å². The molecule has 6 heteroatoms. The molecule has 0 aliphatic heterocycles. The van der Waals surface area contributed by atoms with Gasteiger partial charge in [-0.25, -0.2) is 4.79 Å². The molecule has 0 aliphatic carbocycles. The highest BCUT2D eigenvalue weighted by Crippen LogP contribution is 2.18. The predicted octanol–water partition coefficient (Wildman–Crippen LogP) is 6.57. The molecule has 0 radical (unpaired) electrons. The van der Waals surface area contributed by atoms with E-state index in [1.807, 2.05) is 42.5 Å². The Hall–Kier alpha value is -3.67. The Bertz CT molecular complexity index is 1090. The molecule has 3 aromatic rings. The second-order valence-corrected chi connectivity index (χ2v) is 7.87. The number of rotatable bonds is 11. The summed E-state index contributed by atoms with van der Waals surface area (Å²) in [5, 5.41) is 7.68. The second kappa shape index (κ2) is 12.4. The second-order valence-electron chi connectivity index (χ2n) is 7.87. The van der Waals surface area contributed by atoms with Gasteiger partial charge in [0.15, 0.2) is 5.78 Å². The Morgan fingerprint density at radius 1 is 0.727 bits per heavy atom. The van der Waals surface area contributed by atoms with Gasteiger partial charge >= 0.3 is 6.09 Å². The first-order valence-electron chi connectivity index (χ1n) is 11.4. The van der Waals surface area contributed by atoms with Crippen molar-refractivity contribution in [3.05, 3.63) is 72.3 Å². The van der Waals surface area contributed by atoms with E-state index < -0.39 is 6.09 Å². The molecule has 0 aliphatic rings. The van der Waals surface area contributed by atoms with Gasteiger partial charge < -0.3 is 10.1 Å². The summed E-state index contributed by atoms with van der Waals surface area (Å²) in [6, 6.07) is 20.8. The van der Waals surface area contributed by atoms with Crippen LogP contribution < -0.4 is 10.6 Å². The van der Waals surface area contributed by atoms with Crippen molar-refractivity contribution in [1.29, 1.82) is 0 Å². The Morgan fingerprint density at radius 3 is 2.06 bits per heavy atom. The molecule has 172 valence electrons. The van der Waals surface area contributed by atoms with E-state index in [1.54, 1.807) is 31.2 Å². The van der Waals surface area contributed by atoms with Crippen LogP contribution in [0.4, 0.5) is 16.2 Å². The molecule has 3 aromatic carbocycles. The maximum atomic E-state index is 12.5. The zero-order valence-electron chi connectivity index (χ0n) is 18.9. The molecule has 0 unspecified atom stereocenters. The number of nitrogens with one attached hydrogen (secondary N) is 2. The summed E-state index contributed by atoms with van der Waals surface area (Å²) in [5.41, 5.74) is 2.04. The van der Waals surface area contributed by atoms with Crippen LogP contribution >= 0.6 is 0 Å². The molecule has 2 N–H and O–H groups in total. The van der Waals surface area contributed by atoms with Crippen molar-refractivity contribution in [1.82, 2.24) is 0 Å². The van der Waals surface area contributed by atoms with E-state index >= 15 is 0 Å². The third-order valence-electron chi connectivity index (χ3n) is 5.32. The van der Waals surface area contributed by atoms with Crippen LogP contribution in [0.25, 0.3) is 10.8 Å². The lowest BCUT2D eigenvalue weighted by molar-refractivity contribution is -0.116. The number of amides is 2. The predicted molar refractivity (Wildman–Crippen MR) is 132 cm³/mol. The third kappa shape index (κ3) is 7.75. The normalized spacial score (nSPS) is 10.6. The highest BCUT2D eigenvalue weighted by Gasteiger charge is 2.08. The lowest BCUT2D eigenvalue weighted by Gasteiger charge is -2.08. The van der Waals surface area contributed by atoms with Gasteiger partial charge in [0.2, 0.25) is 5.91 Å². The molecule has 33 heavy (non-hydrogen) atoms. The van der Waals surface area contributed by atoms with Gasteiger partial charge in [-0.15, -0.1) is 0 Å². The monoisotopic (exact) mass is 446 g/mol. The van der Waals surface area contributed by atoms with Crippen LogP contribution in [-0.2, 0) is 9.53 Å². The van der Waals surface area contributed by atoms with E-state index in [1.165, 1.54) is 0 Å². The van der Waals surface area contributed by atoms with Crippen molar-refractivity contribution in [3.8, 4) is 0 Å². The van der Waals surface area contributed by atoms with Crippen molar-refractivity contribution in [3.63, 3.8) is 0 Å². The Balaban J connectivity index is 1.30. The van der Waals surface area contributed by atoms with E-state index in [4.69, 9.17) is 4.74 Å². The molecule has 6 nitrogen and oxygen atoms in total. The quantitative estimate of drug-likeness (QED) is 0.258. The van der Waals surface area contributed by atoms with Gasteiger partial charge in [-0.05, 0) is 60.9 Å². The number of anilines is 2. The van der Waals surface area contributed by atoms with Crippen molar-refractivity contribution >= 4 is 39.9 Å². The molecule has 0 spiro atoms. The lowest BCUT2D eigenvalue weighted by atomic mass is 10.0. The lowest BCUT2D eigenvalue weighted by Crippen LogP contribution is -2.13. The van der Waals surface area contributed by atoms with Crippen LogP contribution in [-0.4, -0.2) is 24.4 Å². The van der Waals surface area contributed by atoms with Gasteiger partial charge in [0, 0.05) is 29.8 Å². The molecule has 3 rings (SSSR count). The van der Waals surface area contributed by atoms with Crippen LogP contribution in [0, 0.1) is 0 Å². The summed E-state index contributed by atoms with van der Waals surface area (Å²) in [5.74, 6) is 0.118. The molecular formula is C27H30N2O4. The smallest absolute Gasteiger partial charge is 0.411 e. The van der Waals surface area contributed by atoms with Gasteiger partial charge in [-0.1, -0.05) is 49.2 Å². The Labute approximate surface area is 194 Å². The van der Waals surface area contributed by atoms with Crippen LogP contribution in [0.2, 0.25) is 0 Å². The molecule has 0 fully saturated rings. The number of carbonyl (C=O) groups excluding carboxylic acids is 3. The molecule has 0 atom stereocenters. The summed E-state index contributed by atoms with van der Waals surface area (Å²) in [6.07, 6.45) is 3.87. The molecule has 0 aromatic heterocycles. The minimum atomic E-state index is -0.506. The average Bonchev–Trinajstić information content (AvgIpc) is 2.82. The van der Waals surface area contributed by atoms with Crippen LogP contribution in [0.5, 0.6) is 0 Å². The van der Waals surface area contributed by atoms with Crippen molar-refractivity contribution in [2.45, 2.75) is 45.4 Å². The number of hydrogen-bond acceptors (Lipinski definition) is 4. The number of Topliss-reactive ketones (excluding diaryl/α,β-unsaturated/α-hetero) is 1. The summed E-state index contributed by atoms with van der Waals surface area (Å²) in [4.78, 5) is 36.0. The number of benzene rings is 3. The van der Waals surface area contributed by atoms with Crippen LogP contribution in [0.1, 0.15) is 55.8 Å². The first-order valence-corrected chi connectivity index (χ1v) is 11.4. The fraction of sp³-hybridized carbons (Fsp3) is 0.296. The minimum absolute atomic E-state index is 0.0478. The average molecular weight is 447 g/mol. The molecule has 0 bridgehead atoms. The molecule has 2 amide bonds. The maximum absolute atomic E-state index is 12.5. The summed E-state index contributed by atoms with van der Waals surface area (Å²) < 4.78 is 4.83. The Kier molecular flexibility index (Phi) is 9.00. The van der Waals surface area contributed by atoms with Crippen molar-refractivity contribution < 1.29 is 19.1 Å². The highest BCUT2D eigenvalue weighted by molar-refractivity contribution is 5.99. The van der Waals surface area contributed by atoms with Gasteiger partial charge in [0.05, 0.1) is 6.61 Å². The molecule has 0 heterocycles. The molecular weight excluding hydrogens is 416 g/mol. The number of ether oxygens (including phenoxy) is 1. The van der Waals surface area contributed by atoms with E-state index in [9.17, 15) is 14.4 Å². The summed E-state index contributed by atoms with van der Waals surface area (Å²) >= 11 is 0. The number of ketones is 1. The minimum Gasteiger partial charge on any atom is -0.450 e. The standard InChI is InChI=1S/C27H30N2O4/c1-2-33-27(32)29-24-17-15-23(16-18-24)28-26(31)12-6-4-3-5-11-25(30)22-14-13-20-9-7-8-10-21(20)19-22/h7-10,13-19H,2-6,11-12H2,1H3,(H,28,31)(H,29,32). The van der Waals surface area contributed by atoms with Crippen LogP contribution in [0.15, 0.2) is 66.7 Å². The fourth-order valence-corrected chi connectivity index (χ4v) is 3.58. The first-order chi connectivity index (χ1) is 16.0. The number of unbranched alkanes of at least 4 members (excludes halogenated alkanes) is 3. The van der Waals surface area contributed by atoms with E-state index in [0.717, 1.165) is 42.0 Å². The van der Waals surface area contributed by atoms with Gasteiger partial charge in [0.25, 0.3) is 0 Å². The van der Waals surface area contributed by atoms with Crippen molar-refractivity contribution in [2.24, 2.45) is 0 Å². The SMILES string of the molecule is CCOC(=O)Nc1ccc(NC(=O)CCCCCCC(=O)c2ccc3ccccc3c2)cc1. The maximum Gasteiger partial charge on any atom is 0.411 e. The zero-order valence-corrected chi connectivity index (χ0v) is 18.9. The number of hydrogen-bond donors (Lipinski definition) is 2.